The summed E-state index contributed by atoms with van der Waals surface area (Å²) in [5.41, 5.74) is 2.49. The van der Waals surface area contributed by atoms with Crippen molar-refractivity contribution >= 4 is 40.4 Å². The smallest absolute Gasteiger partial charge is 0.332 e. The highest BCUT2D eigenvalue weighted by molar-refractivity contribution is 6.31. The fourth-order valence-electron chi connectivity index (χ4n) is 4.57. The Labute approximate surface area is 218 Å². The van der Waals surface area contributed by atoms with Crippen molar-refractivity contribution < 1.29 is 4.79 Å². The van der Waals surface area contributed by atoms with E-state index in [9.17, 15) is 14.4 Å². The van der Waals surface area contributed by atoms with Crippen LogP contribution in [0.15, 0.2) is 58.1 Å². The zero-order valence-corrected chi connectivity index (χ0v) is 21.7. The number of aryl methyl sites for hydroxylation is 2. The predicted octanol–water partition coefficient (Wildman–Crippen LogP) is 2.80. The van der Waals surface area contributed by atoms with E-state index in [0.29, 0.717) is 54.9 Å². The summed E-state index contributed by atoms with van der Waals surface area (Å²) in [6.45, 7) is 4.29. The van der Waals surface area contributed by atoms with Crippen LogP contribution in [0.25, 0.3) is 11.2 Å². The number of fused-ring (bicyclic) bond motifs is 1. The maximum atomic E-state index is 13.2. The third kappa shape index (κ3) is 4.60. The molecule has 11 heteroatoms. The number of halogens is 1. The van der Waals surface area contributed by atoms with Crippen LogP contribution < -0.4 is 21.5 Å². The number of imidazole rings is 1. The molecule has 37 heavy (non-hydrogen) atoms. The summed E-state index contributed by atoms with van der Waals surface area (Å²) in [5, 5.41) is 3.52. The van der Waals surface area contributed by atoms with E-state index in [0.717, 1.165) is 21.4 Å². The van der Waals surface area contributed by atoms with Crippen LogP contribution in [-0.4, -0.2) is 55.8 Å². The molecule has 1 N–H and O–H groups in total. The van der Waals surface area contributed by atoms with Gasteiger partial charge in [-0.3, -0.25) is 18.5 Å². The van der Waals surface area contributed by atoms with Crippen LogP contribution in [-0.2, 0) is 20.6 Å². The van der Waals surface area contributed by atoms with E-state index in [4.69, 9.17) is 16.6 Å². The molecule has 0 saturated carbocycles. The highest BCUT2D eigenvalue weighted by Gasteiger charge is 2.27. The van der Waals surface area contributed by atoms with Crippen molar-refractivity contribution in [3.63, 3.8) is 0 Å². The Hall–Kier alpha value is -4.05. The number of urea groups is 1. The zero-order valence-electron chi connectivity index (χ0n) is 20.9. The number of hydrogen-bond donors (Lipinski definition) is 1. The van der Waals surface area contributed by atoms with Gasteiger partial charge in [0, 0.05) is 51.0 Å². The van der Waals surface area contributed by atoms with Gasteiger partial charge in [0.15, 0.2) is 11.2 Å². The van der Waals surface area contributed by atoms with E-state index in [1.54, 1.807) is 18.0 Å². The molecule has 0 aliphatic carbocycles. The molecular formula is C26H28ClN7O3. The maximum absolute atomic E-state index is 13.2. The average Bonchev–Trinajstić information content (AvgIpc) is 3.28. The van der Waals surface area contributed by atoms with Crippen LogP contribution in [0.5, 0.6) is 0 Å². The molecule has 3 heterocycles. The summed E-state index contributed by atoms with van der Waals surface area (Å²) in [6, 6.07) is 14.9. The number of anilines is 2. The highest BCUT2D eigenvalue weighted by atomic mass is 35.5. The van der Waals surface area contributed by atoms with Gasteiger partial charge in [0.2, 0.25) is 5.95 Å². The molecule has 4 aromatic rings. The van der Waals surface area contributed by atoms with Crippen molar-refractivity contribution in [3.8, 4) is 0 Å². The second-order valence-corrected chi connectivity index (χ2v) is 9.64. The van der Waals surface area contributed by atoms with Gasteiger partial charge in [0.1, 0.15) is 0 Å². The van der Waals surface area contributed by atoms with Gasteiger partial charge >= 0.3 is 11.7 Å². The van der Waals surface area contributed by atoms with E-state index >= 15 is 0 Å². The molecule has 5 rings (SSSR count). The first-order valence-electron chi connectivity index (χ1n) is 12.0. The van der Waals surface area contributed by atoms with Crippen LogP contribution in [0, 0.1) is 6.92 Å². The molecule has 1 saturated heterocycles. The SMILES string of the molecule is Cc1ccc(NC(=O)N2CCN(c3nc4c(c(=O)n(C)c(=O)n4C)n3Cc3ccccc3Cl)CC2)cc1. The summed E-state index contributed by atoms with van der Waals surface area (Å²) in [5.74, 6) is 0.562. The minimum Gasteiger partial charge on any atom is -0.339 e. The number of carbonyl (C=O) groups excluding carboxylic acids is 1. The van der Waals surface area contributed by atoms with Gasteiger partial charge in [-0.25, -0.2) is 9.59 Å². The molecular weight excluding hydrogens is 494 g/mol. The second kappa shape index (κ2) is 9.78. The standard InChI is InChI=1S/C26H28ClN7O3/c1-17-8-10-19(11-9-17)28-25(36)33-14-12-32(13-15-33)24-29-22-21(23(35)31(3)26(37)30(22)2)34(24)16-18-6-4-5-7-20(18)27/h4-11H,12-16H2,1-3H3,(H,28,36). The van der Waals surface area contributed by atoms with Crippen molar-refractivity contribution in [2.24, 2.45) is 14.1 Å². The molecule has 2 aromatic carbocycles. The second-order valence-electron chi connectivity index (χ2n) is 9.24. The zero-order chi connectivity index (χ0) is 26.3. The maximum Gasteiger partial charge on any atom is 0.332 e. The van der Waals surface area contributed by atoms with Gasteiger partial charge < -0.3 is 15.1 Å². The van der Waals surface area contributed by atoms with E-state index < -0.39 is 11.2 Å². The van der Waals surface area contributed by atoms with Crippen molar-refractivity contribution in [1.29, 1.82) is 0 Å². The normalized spacial score (nSPS) is 13.8. The van der Waals surface area contributed by atoms with Crippen molar-refractivity contribution in [2.45, 2.75) is 13.5 Å². The van der Waals surface area contributed by atoms with Crippen LogP contribution in [0.4, 0.5) is 16.4 Å². The third-order valence-corrected chi connectivity index (χ3v) is 7.14. The van der Waals surface area contributed by atoms with Crippen LogP contribution in [0.1, 0.15) is 11.1 Å². The predicted molar refractivity (Wildman–Crippen MR) is 145 cm³/mol. The largest absolute Gasteiger partial charge is 0.339 e. The summed E-state index contributed by atoms with van der Waals surface area (Å²) < 4.78 is 4.29. The minimum atomic E-state index is -0.441. The van der Waals surface area contributed by atoms with Gasteiger partial charge in [-0.15, -0.1) is 0 Å². The highest BCUT2D eigenvalue weighted by Crippen LogP contribution is 2.25. The molecule has 10 nitrogen and oxygen atoms in total. The fourth-order valence-corrected chi connectivity index (χ4v) is 4.77. The fraction of sp³-hybridized carbons (Fsp3) is 0.308. The molecule has 0 bridgehead atoms. The molecule has 192 valence electrons. The first-order chi connectivity index (χ1) is 17.7. The number of hydrogen-bond acceptors (Lipinski definition) is 5. The Morgan fingerprint density at radius 3 is 2.32 bits per heavy atom. The van der Waals surface area contributed by atoms with Gasteiger partial charge in [-0.1, -0.05) is 47.5 Å². The molecule has 1 aliphatic rings. The lowest BCUT2D eigenvalue weighted by Crippen LogP contribution is -2.50. The summed E-state index contributed by atoms with van der Waals surface area (Å²) in [4.78, 5) is 47.2. The topological polar surface area (TPSA) is 97.4 Å². The molecule has 0 spiro atoms. The van der Waals surface area contributed by atoms with Crippen molar-refractivity contribution in [2.75, 3.05) is 36.4 Å². The Balaban J connectivity index is 1.46. The molecule has 2 amide bonds. The molecule has 0 radical (unpaired) electrons. The molecule has 0 atom stereocenters. The summed E-state index contributed by atoms with van der Waals surface area (Å²) in [7, 11) is 3.07. The quantitative estimate of drug-likeness (QED) is 0.445. The number of carbonyl (C=O) groups is 1. The van der Waals surface area contributed by atoms with Gasteiger partial charge in [-0.2, -0.15) is 4.98 Å². The number of amides is 2. The van der Waals surface area contributed by atoms with Crippen LogP contribution >= 0.6 is 11.6 Å². The number of nitrogens with zero attached hydrogens (tertiary/aromatic N) is 6. The Kier molecular flexibility index (Phi) is 6.51. The molecule has 0 unspecified atom stereocenters. The minimum absolute atomic E-state index is 0.163. The first-order valence-corrected chi connectivity index (χ1v) is 12.4. The first kappa shape index (κ1) is 24.6. The number of aromatic nitrogens is 4. The Morgan fingerprint density at radius 2 is 1.65 bits per heavy atom. The van der Waals surface area contributed by atoms with Gasteiger partial charge in [-0.05, 0) is 30.7 Å². The van der Waals surface area contributed by atoms with Crippen LogP contribution in [0.3, 0.4) is 0 Å². The monoisotopic (exact) mass is 521 g/mol. The lowest BCUT2D eigenvalue weighted by atomic mass is 10.2. The van der Waals surface area contributed by atoms with E-state index in [2.05, 4.69) is 5.32 Å². The van der Waals surface area contributed by atoms with Crippen molar-refractivity contribution in [1.82, 2.24) is 23.6 Å². The lowest BCUT2D eigenvalue weighted by Gasteiger charge is -2.35. The van der Waals surface area contributed by atoms with Crippen molar-refractivity contribution in [3.05, 3.63) is 85.5 Å². The number of piperazine rings is 1. The van der Waals surface area contributed by atoms with Gasteiger partial charge in [0.05, 0.1) is 6.54 Å². The average molecular weight is 522 g/mol. The van der Waals surface area contributed by atoms with Crippen LogP contribution in [0.2, 0.25) is 5.02 Å². The molecule has 1 fully saturated rings. The third-order valence-electron chi connectivity index (χ3n) is 6.77. The Morgan fingerprint density at radius 1 is 0.973 bits per heavy atom. The van der Waals surface area contributed by atoms with E-state index in [1.165, 1.54) is 11.6 Å². The van der Waals surface area contributed by atoms with E-state index in [-0.39, 0.29) is 6.03 Å². The molecule has 1 aliphatic heterocycles. The lowest BCUT2D eigenvalue weighted by molar-refractivity contribution is 0.208. The molecule has 2 aromatic heterocycles. The summed E-state index contributed by atoms with van der Waals surface area (Å²) >= 11 is 6.45. The Bertz CT molecular complexity index is 1600. The van der Waals surface area contributed by atoms with Gasteiger partial charge in [0.25, 0.3) is 5.56 Å². The number of benzene rings is 2. The number of nitrogens with one attached hydrogen (secondary N) is 1. The summed E-state index contributed by atoms with van der Waals surface area (Å²) in [6.07, 6.45) is 0. The van der Waals surface area contributed by atoms with E-state index in [1.807, 2.05) is 58.9 Å². The number of rotatable bonds is 4.